The fourth-order valence-electron chi connectivity index (χ4n) is 4.91. The Balaban J connectivity index is 1.69. The van der Waals surface area contributed by atoms with Gasteiger partial charge in [0.15, 0.2) is 5.43 Å². The van der Waals surface area contributed by atoms with E-state index in [-0.39, 0.29) is 23.2 Å². The van der Waals surface area contributed by atoms with Crippen LogP contribution in [0.25, 0.3) is 11.0 Å². The third kappa shape index (κ3) is 4.03. The van der Waals surface area contributed by atoms with Gasteiger partial charge in [-0.1, -0.05) is 6.07 Å². The summed E-state index contributed by atoms with van der Waals surface area (Å²) in [6.45, 7) is 3.05. The number of anilines is 2. The Morgan fingerprint density at radius 1 is 1.09 bits per heavy atom. The zero-order valence-corrected chi connectivity index (χ0v) is 19.4. The quantitative estimate of drug-likeness (QED) is 0.584. The maximum absolute atomic E-state index is 14.0. The van der Waals surface area contributed by atoms with Gasteiger partial charge in [0.1, 0.15) is 11.4 Å². The van der Waals surface area contributed by atoms with Crippen molar-refractivity contribution in [3.05, 3.63) is 69.6 Å². The summed E-state index contributed by atoms with van der Waals surface area (Å²) >= 11 is 0. The molecular weight excluding hydrogens is 437 g/mol. The number of rotatable bonds is 4. The molecule has 0 unspecified atom stereocenters. The predicted molar refractivity (Wildman–Crippen MR) is 129 cm³/mol. The van der Waals surface area contributed by atoms with E-state index in [1.54, 1.807) is 38.4 Å². The molecule has 5 rings (SSSR count). The normalized spacial score (nSPS) is 18.5. The van der Waals surface area contributed by atoms with Gasteiger partial charge < -0.3 is 23.9 Å². The first-order chi connectivity index (χ1) is 16.4. The summed E-state index contributed by atoms with van der Waals surface area (Å²) < 4.78 is 25.9. The standard InChI is InChI=1S/C26H28FN3O4/c1-28(2)25(32)17-8-9-22-20(15-17)24(31)23(26(34-22)29-11-13-33-14-12-29)21-7-4-10-30(21)19-6-3-5-18(27)16-19/h3,5-6,8-9,15-16,21H,4,7,10-14H2,1-2H3/t21-/m1/s1. The van der Waals surface area contributed by atoms with Crippen molar-refractivity contribution in [2.24, 2.45) is 0 Å². The second-order valence-corrected chi connectivity index (χ2v) is 8.99. The molecule has 7 nitrogen and oxygen atoms in total. The van der Waals surface area contributed by atoms with Gasteiger partial charge in [0.05, 0.1) is 30.2 Å². The van der Waals surface area contributed by atoms with Crippen LogP contribution in [0, 0.1) is 5.82 Å². The lowest BCUT2D eigenvalue weighted by atomic mass is 10.0. The Kier molecular flexibility index (Phi) is 6.00. The van der Waals surface area contributed by atoms with Crippen LogP contribution in [0.2, 0.25) is 0 Å². The molecule has 34 heavy (non-hydrogen) atoms. The zero-order chi connectivity index (χ0) is 23.8. The maximum atomic E-state index is 14.0. The van der Waals surface area contributed by atoms with Crippen LogP contribution < -0.4 is 15.2 Å². The number of fused-ring (bicyclic) bond motifs is 1. The van der Waals surface area contributed by atoms with Gasteiger partial charge in [-0.2, -0.15) is 0 Å². The largest absolute Gasteiger partial charge is 0.440 e. The summed E-state index contributed by atoms with van der Waals surface area (Å²) in [4.78, 5) is 32.2. The highest BCUT2D eigenvalue weighted by molar-refractivity contribution is 5.97. The third-order valence-electron chi connectivity index (χ3n) is 6.58. The number of nitrogens with zero attached hydrogens (tertiary/aromatic N) is 3. The van der Waals surface area contributed by atoms with Crippen LogP contribution in [0.4, 0.5) is 16.0 Å². The monoisotopic (exact) mass is 465 g/mol. The first-order valence-corrected chi connectivity index (χ1v) is 11.6. The number of hydrogen-bond acceptors (Lipinski definition) is 6. The van der Waals surface area contributed by atoms with Gasteiger partial charge in [-0.3, -0.25) is 9.59 Å². The minimum absolute atomic E-state index is 0.149. The molecule has 3 heterocycles. The molecule has 2 aromatic carbocycles. The van der Waals surface area contributed by atoms with E-state index in [0.29, 0.717) is 60.8 Å². The molecule has 1 atom stereocenters. The van der Waals surface area contributed by atoms with E-state index < -0.39 is 0 Å². The van der Waals surface area contributed by atoms with Gasteiger partial charge in [0, 0.05) is 45.0 Å². The fourth-order valence-corrected chi connectivity index (χ4v) is 4.91. The molecule has 0 aliphatic carbocycles. The lowest BCUT2D eigenvalue weighted by molar-refractivity contribution is 0.0827. The highest BCUT2D eigenvalue weighted by atomic mass is 19.1. The summed E-state index contributed by atoms with van der Waals surface area (Å²) in [6, 6.07) is 11.2. The Hall–Kier alpha value is -3.39. The molecule has 0 saturated carbocycles. The van der Waals surface area contributed by atoms with Gasteiger partial charge in [-0.15, -0.1) is 0 Å². The molecule has 1 aromatic heterocycles. The van der Waals surface area contributed by atoms with E-state index in [1.807, 2.05) is 6.07 Å². The van der Waals surface area contributed by atoms with Crippen molar-refractivity contribution < 1.29 is 18.3 Å². The van der Waals surface area contributed by atoms with Crippen molar-refractivity contribution in [3.8, 4) is 0 Å². The molecule has 1 amide bonds. The number of halogens is 1. The predicted octanol–water partition coefficient (Wildman–Crippen LogP) is 3.81. The number of morpholine rings is 1. The summed E-state index contributed by atoms with van der Waals surface area (Å²) in [5, 5.41) is 0.380. The molecule has 2 saturated heterocycles. The fraction of sp³-hybridized carbons (Fsp3) is 0.385. The minimum atomic E-state index is -0.311. The third-order valence-corrected chi connectivity index (χ3v) is 6.58. The first-order valence-electron chi connectivity index (χ1n) is 11.6. The summed E-state index contributed by atoms with van der Waals surface area (Å²) in [7, 11) is 3.36. The molecule has 2 fully saturated rings. The minimum Gasteiger partial charge on any atom is -0.440 e. The van der Waals surface area contributed by atoms with E-state index in [9.17, 15) is 14.0 Å². The van der Waals surface area contributed by atoms with Gasteiger partial charge in [0.25, 0.3) is 5.91 Å². The lowest BCUT2D eigenvalue weighted by Gasteiger charge is -2.33. The molecule has 8 heteroatoms. The maximum Gasteiger partial charge on any atom is 0.253 e. The number of amides is 1. The first kappa shape index (κ1) is 22.4. The van der Waals surface area contributed by atoms with E-state index >= 15 is 0 Å². The number of carbonyl (C=O) groups is 1. The average molecular weight is 466 g/mol. The Morgan fingerprint density at radius 2 is 1.88 bits per heavy atom. The number of ether oxygens (including phenoxy) is 1. The van der Waals surface area contributed by atoms with E-state index in [2.05, 4.69) is 9.80 Å². The Labute approximate surface area is 197 Å². The Morgan fingerprint density at radius 3 is 2.62 bits per heavy atom. The van der Waals surface area contributed by atoms with Crippen LogP contribution >= 0.6 is 0 Å². The van der Waals surface area contributed by atoms with Crippen LogP contribution in [-0.2, 0) is 4.74 Å². The van der Waals surface area contributed by atoms with Gasteiger partial charge in [0.2, 0.25) is 5.88 Å². The molecule has 0 radical (unpaired) electrons. The second kappa shape index (κ2) is 9.10. The smallest absolute Gasteiger partial charge is 0.253 e. The van der Waals surface area contributed by atoms with Gasteiger partial charge >= 0.3 is 0 Å². The second-order valence-electron chi connectivity index (χ2n) is 8.99. The van der Waals surface area contributed by atoms with E-state index in [1.165, 1.54) is 17.0 Å². The Bertz CT molecular complexity index is 1280. The summed E-state index contributed by atoms with van der Waals surface area (Å²) in [6.07, 6.45) is 1.63. The van der Waals surface area contributed by atoms with E-state index in [4.69, 9.17) is 9.15 Å². The van der Waals surface area contributed by atoms with E-state index in [0.717, 1.165) is 18.5 Å². The van der Waals surface area contributed by atoms with Crippen molar-refractivity contribution in [1.29, 1.82) is 0 Å². The summed E-state index contributed by atoms with van der Waals surface area (Å²) in [5.74, 6) is 0.0529. The molecule has 0 spiro atoms. The van der Waals surface area contributed by atoms with Crippen LogP contribution in [-0.4, -0.2) is 57.8 Å². The number of carbonyl (C=O) groups excluding carboxylic acids is 1. The van der Waals surface area contributed by atoms with Crippen LogP contribution in [0.5, 0.6) is 0 Å². The topological polar surface area (TPSA) is 66.2 Å². The van der Waals surface area contributed by atoms with Crippen LogP contribution in [0.15, 0.2) is 51.7 Å². The zero-order valence-electron chi connectivity index (χ0n) is 19.4. The van der Waals surface area contributed by atoms with Crippen molar-refractivity contribution in [2.75, 3.05) is 56.7 Å². The average Bonchev–Trinajstić information content (AvgIpc) is 3.33. The molecule has 0 N–H and O–H groups in total. The van der Waals surface area contributed by atoms with Crippen molar-refractivity contribution in [3.63, 3.8) is 0 Å². The van der Waals surface area contributed by atoms with Crippen molar-refractivity contribution in [1.82, 2.24) is 4.90 Å². The highest BCUT2D eigenvalue weighted by Crippen LogP contribution is 2.40. The molecule has 178 valence electrons. The van der Waals surface area contributed by atoms with Crippen molar-refractivity contribution >= 4 is 28.4 Å². The molecule has 2 aliphatic heterocycles. The number of benzene rings is 2. The van der Waals surface area contributed by atoms with Gasteiger partial charge in [-0.25, -0.2) is 4.39 Å². The van der Waals surface area contributed by atoms with Crippen molar-refractivity contribution in [2.45, 2.75) is 18.9 Å². The highest BCUT2D eigenvalue weighted by Gasteiger charge is 2.34. The molecule has 3 aromatic rings. The van der Waals surface area contributed by atoms with Crippen LogP contribution in [0.1, 0.15) is 34.8 Å². The SMILES string of the molecule is CN(C)C(=O)c1ccc2oc(N3CCOCC3)c([C@H]3CCCN3c3cccc(F)c3)c(=O)c2c1. The van der Waals surface area contributed by atoms with Crippen LogP contribution in [0.3, 0.4) is 0 Å². The number of hydrogen-bond donors (Lipinski definition) is 0. The summed E-state index contributed by atoms with van der Waals surface area (Å²) in [5.41, 5.74) is 2.03. The van der Waals surface area contributed by atoms with Gasteiger partial charge in [-0.05, 0) is 49.2 Å². The lowest BCUT2D eigenvalue weighted by Crippen LogP contribution is -2.39. The molecule has 0 bridgehead atoms. The molecular formula is C26H28FN3O4. The molecule has 2 aliphatic rings.